The first-order chi connectivity index (χ1) is 13.4. The minimum atomic E-state index is 0.505. The van der Waals surface area contributed by atoms with Crippen LogP contribution in [0.5, 0.6) is 5.75 Å². The first-order valence-electron chi connectivity index (χ1n) is 10.1. The van der Waals surface area contributed by atoms with E-state index in [1.165, 1.54) is 55.2 Å². The van der Waals surface area contributed by atoms with Crippen molar-refractivity contribution in [3.63, 3.8) is 0 Å². The van der Waals surface area contributed by atoms with Crippen LogP contribution in [0.3, 0.4) is 0 Å². The molecule has 138 valence electrons. The molecule has 27 heavy (non-hydrogen) atoms. The van der Waals surface area contributed by atoms with Crippen molar-refractivity contribution in [2.45, 2.75) is 44.6 Å². The normalized spacial score (nSPS) is 17.3. The van der Waals surface area contributed by atoms with Crippen LogP contribution in [-0.2, 0) is 0 Å². The SMILES string of the molecule is c1cc(-c2ccc(-c3cnnn3C3CCCC3)cc2)ccc1OCC1CC1. The topological polar surface area (TPSA) is 39.9 Å². The van der Waals surface area contributed by atoms with E-state index in [-0.39, 0.29) is 0 Å². The molecule has 4 heteroatoms. The molecule has 5 rings (SSSR count). The van der Waals surface area contributed by atoms with Gasteiger partial charge in [-0.25, -0.2) is 4.68 Å². The fourth-order valence-electron chi connectivity index (χ4n) is 3.94. The van der Waals surface area contributed by atoms with Crippen molar-refractivity contribution in [2.75, 3.05) is 6.61 Å². The maximum atomic E-state index is 5.83. The first kappa shape index (κ1) is 16.5. The van der Waals surface area contributed by atoms with Gasteiger partial charge in [0.2, 0.25) is 0 Å². The Morgan fingerprint density at radius 1 is 0.815 bits per heavy atom. The van der Waals surface area contributed by atoms with Gasteiger partial charge in [0.25, 0.3) is 0 Å². The molecule has 0 aliphatic heterocycles. The van der Waals surface area contributed by atoms with Gasteiger partial charge in [-0.05, 0) is 54.9 Å². The number of rotatable bonds is 6. The Balaban J connectivity index is 1.32. The van der Waals surface area contributed by atoms with Crippen molar-refractivity contribution in [2.24, 2.45) is 5.92 Å². The highest BCUT2D eigenvalue weighted by Gasteiger charge is 2.22. The van der Waals surface area contributed by atoms with E-state index in [0.29, 0.717) is 6.04 Å². The summed E-state index contributed by atoms with van der Waals surface area (Å²) in [4.78, 5) is 0. The van der Waals surface area contributed by atoms with Crippen LogP contribution in [0.25, 0.3) is 22.4 Å². The van der Waals surface area contributed by atoms with Crippen LogP contribution in [-0.4, -0.2) is 21.6 Å². The van der Waals surface area contributed by atoms with Crippen LogP contribution in [0.15, 0.2) is 54.7 Å². The van der Waals surface area contributed by atoms with E-state index in [1.54, 1.807) is 0 Å². The van der Waals surface area contributed by atoms with E-state index in [4.69, 9.17) is 4.74 Å². The summed E-state index contributed by atoms with van der Waals surface area (Å²) < 4.78 is 7.95. The average molecular weight is 359 g/mol. The van der Waals surface area contributed by atoms with Gasteiger partial charge in [-0.3, -0.25) is 0 Å². The van der Waals surface area contributed by atoms with Crippen molar-refractivity contribution in [1.29, 1.82) is 0 Å². The molecular weight excluding hydrogens is 334 g/mol. The van der Waals surface area contributed by atoms with Crippen LogP contribution in [0.1, 0.15) is 44.6 Å². The van der Waals surface area contributed by atoms with E-state index in [1.807, 2.05) is 6.20 Å². The maximum Gasteiger partial charge on any atom is 0.119 e. The number of benzene rings is 2. The summed E-state index contributed by atoms with van der Waals surface area (Å²) in [6.45, 7) is 0.858. The second kappa shape index (κ2) is 7.18. The molecular formula is C23H25N3O. The minimum absolute atomic E-state index is 0.505. The molecule has 4 nitrogen and oxygen atoms in total. The summed E-state index contributed by atoms with van der Waals surface area (Å²) in [7, 11) is 0. The zero-order valence-electron chi connectivity index (χ0n) is 15.6. The first-order valence-corrected chi connectivity index (χ1v) is 10.1. The molecule has 0 saturated heterocycles. The van der Waals surface area contributed by atoms with Crippen LogP contribution in [0.4, 0.5) is 0 Å². The molecule has 2 fully saturated rings. The summed E-state index contributed by atoms with van der Waals surface area (Å²) >= 11 is 0. The molecule has 2 aliphatic carbocycles. The van der Waals surface area contributed by atoms with E-state index in [0.717, 1.165) is 24.0 Å². The summed E-state index contributed by atoms with van der Waals surface area (Å²) in [5, 5.41) is 8.52. The van der Waals surface area contributed by atoms with E-state index < -0.39 is 0 Å². The van der Waals surface area contributed by atoms with E-state index in [9.17, 15) is 0 Å². The van der Waals surface area contributed by atoms with Gasteiger partial charge in [-0.15, -0.1) is 5.10 Å². The molecule has 0 unspecified atom stereocenters. The third kappa shape index (κ3) is 3.61. The third-order valence-electron chi connectivity index (χ3n) is 5.80. The Bertz CT molecular complexity index is 888. The van der Waals surface area contributed by atoms with Gasteiger partial charge in [-0.2, -0.15) is 0 Å². The standard InChI is InChI=1S/C23H25N3O/c1-2-4-21(3-1)26-23(15-24-25-26)20-9-7-18(8-10-20)19-11-13-22(14-12-19)27-16-17-5-6-17/h7-15,17,21H,1-6,16H2. The lowest BCUT2D eigenvalue weighted by molar-refractivity contribution is 0.300. The second-order valence-electron chi connectivity index (χ2n) is 7.86. The smallest absolute Gasteiger partial charge is 0.119 e. The molecule has 0 atom stereocenters. The Morgan fingerprint density at radius 2 is 1.44 bits per heavy atom. The zero-order chi connectivity index (χ0) is 18.1. The highest BCUT2D eigenvalue weighted by Crippen LogP contribution is 2.33. The van der Waals surface area contributed by atoms with Crippen LogP contribution in [0.2, 0.25) is 0 Å². The zero-order valence-corrected chi connectivity index (χ0v) is 15.6. The highest BCUT2D eigenvalue weighted by atomic mass is 16.5. The summed E-state index contributed by atoms with van der Waals surface area (Å²) in [5.74, 6) is 1.75. The average Bonchev–Trinajstić information content (AvgIpc) is 3.18. The lowest BCUT2D eigenvalue weighted by Crippen LogP contribution is -2.08. The molecule has 1 heterocycles. The molecule has 2 saturated carbocycles. The van der Waals surface area contributed by atoms with Crippen molar-refractivity contribution in [1.82, 2.24) is 15.0 Å². The molecule has 2 aromatic carbocycles. The maximum absolute atomic E-state index is 5.83. The number of hydrogen-bond donors (Lipinski definition) is 0. The minimum Gasteiger partial charge on any atom is -0.493 e. The second-order valence-corrected chi connectivity index (χ2v) is 7.86. The Kier molecular flexibility index (Phi) is 4.40. The summed E-state index contributed by atoms with van der Waals surface area (Å²) in [5.41, 5.74) is 4.73. The largest absolute Gasteiger partial charge is 0.493 e. The Labute approximate surface area is 160 Å². The highest BCUT2D eigenvalue weighted by molar-refractivity contribution is 5.69. The lowest BCUT2D eigenvalue weighted by atomic mass is 10.0. The predicted molar refractivity (Wildman–Crippen MR) is 107 cm³/mol. The van der Waals surface area contributed by atoms with Crippen LogP contribution in [0, 0.1) is 5.92 Å². The predicted octanol–water partition coefficient (Wildman–Crippen LogP) is 5.52. The fourth-order valence-corrected chi connectivity index (χ4v) is 3.94. The van der Waals surface area contributed by atoms with Crippen LogP contribution >= 0.6 is 0 Å². The Morgan fingerprint density at radius 3 is 2.11 bits per heavy atom. The van der Waals surface area contributed by atoms with Gasteiger partial charge in [0.1, 0.15) is 5.75 Å². The van der Waals surface area contributed by atoms with Gasteiger partial charge >= 0.3 is 0 Å². The molecule has 1 aromatic heterocycles. The van der Waals surface area contributed by atoms with Gasteiger partial charge in [0, 0.05) is 5.56 Å². The van der Waals surface area contributed by atoms with Crippen LogP contribution < -0.4 is 4.74 Å². The fraction of sp³-hybridized carbons (Fsp3) is 0.391. The van der Waals surface area contributed by atoms with Gasteiger partial charge < -0.3 is 4.74 Å². The summed E-state index contributed by atoms with van der Waals surface area (Å²) in [6, 6.07) is 17.7. The van der Waals surface area contributed by atoms with Crippen molar-refractivity contribution < 1.29 is 4.74 Å². The lowest BCUT2D eigenvalue weighted by Gasteiger charge is -2.13. The van der Waals surface area contributed by atoms with Crippen molar-refractivity contribution in [3.8, 4) is 28.1 Å². The molecule has 2 aliphatic rings. The molecule has 0 bridgehead atoms. The third-order valence-corrected chi connectivity index (χ3v) is 5.80. The van der Waals surface area contributed by atoms with Crippen molar-refractivity contribution >= 4 is 0 Å². The molecule has 0 spiro atoms. The van der Waals surface area contributed by atoms with E-state index >= 15 is 0 Å². The molecule has 0 radical (unpaired) electrons. The van der Waals surface area contributed by atoms with Gasteiger partial charge in [-0.1, -0.05) is 54.5 Å². The Hall–Kier alpha value is -2.62. The summed E-state index contributed by atoms with van der Waals surface area (Å²) in [6.07, 6.45) is 9.54. The van der Waals surface area contributed by atoms with Gasteiger partial charge in [0.05, 0.1) is 24.5 Å². The van der Waals surface area contributed by atoms with Gasteiger partial charge in [0.15, 0.2) is 0 Å². The van der Waals surface area contributed by atoms with Crippen molar-refractivity contribution in [3.05, 3.63) is 54.7 Å². The quantitative estimate of drug-likeness (QED) is 0.582. The molecule has 0 amide bonds. The number of nitrogens with zero attached hydrogens (tertiary/aromatic N) is 3. The number of aromatic nitrogens is 3. The number of ether oxygens (including phenoxy) is 1. The monoisotopic (exact) mass is 359 g/mol. The molecule has 0 N–H and O–H groups in total. The van der Waals surface area contributed by atoms with E-state index in [2.05, 4.69) is 63.5 Å². The number of hydrogen-bond acceptors (Lipinski definition) is 3. The molecule has 3 aromatic rings.